The van der Waals surface area contributed by atoms with Crippen LogP contribution in [0.2, 0.25) is 5.02 Å². The Labute approximate surface area is 131 Å². The second-order valence-electron chi connectivity index (χ2n) is 5.25. The molecular formula is C13H13ClFN3O3S. The summed E-state index contributed by atoms with van der Waals surface area (Å²) < 4.78 is 45.7. The van der Waals surface area contributed by atoms with Gasteiger partial charge in [0.25, 0.3) is 0 Å². The Hall–Kier alpha value is -1.51. The Morgan fingerprint density at radius 3 is 2.64 bits per heavy atom. The van der Waals surface area contributed by atoms with E-state index >= 15 is 0 Å². The molecule has 22 heavy (non-hydrogen) atoms. The van der Waals surface area contributed by atoms with Gasteiger partial charge in [0.2, 0.25) is 15.9 Å². The monoisotopic (exact) mass is 345 g/mol. The van der Waals surface area contributed by atoms with Crippen LogP contribution >= 0.6 is 11.6 Å². The SMILES string of the molecule is Cc1nc(C2(NS(=O)(=O)c3ccc(F)cc3Cl)CCC2)no1. The number of sulfonamides is 1. The summed E-state index contributed by atoms with van der Waals surface area (Å²) in [5.41, 5.74) is -0.895. The molecule has 1 saturated carbocycles. The van der Waals surface area contributed by atoms with E-state index in [1.165, 1.54) is 0 Å². The second kappa shape index (κ2) is 5.29. The van der Waals surface area contributed by atoms with Gasteiger partial charge >= 0.3 is 0 Å². The van der Waals surface area contributed by atoms with Gasteiger partial charge in [-0.1, -0.05) is 16.8 Å². The van der Waals surface area contributed by atoms with E-state index in [1.807, 2.05) is 0 Å². The van der Waals surface area contributed by atoms with Crippen molar-refractivity contribution in [2.45, 2.75) is 36.6 Å². The normalized spacial score (nSPS) is 17.2. The standard InChI is InChI=1S/C13H13ClFN3O3S/c1-8-16-12(17-21-8)13(5-2-6-13)18-22(19,20)11-4-3-9(15)7-10(11)14/h3-4,7,18H,2,5-6H2,1H3. The van der Waals surface area contributed by atoms with E-state index in [0.29, 0.717) is 24.6 Å². The molecule has 0 radical (unpaired) electrons. The highest BCUT2D eigenvalue weighted by atomic mass is 35.5. The van der Waals surface area contributed by atoms with Crippen molar-refractivity contribution >= 4 is 21.6 Å². The van der Waals surface area contributed by atoms with Gasteiger partial charge in [0.05, 0.1) is 10.6 Å². The minimum absolute atomic E-state index is 0.175. The van der Waals surface area contributed by atoms with Crippen LogP contribution in [0.3, 0.4) is 0 Å². The highest BCUT2D eigenvalue weighted by molar-refractivity contribution is 7.89. The molecule has 118 valence electrons. The van der Waals surface area contributed by atoms with Crippen molar-refractivity contribution in [2.24, 2.45) is 0 Å². The van der Waals surface area contributed by atoms with Crippen molar-refractivity contribution in [3.8, 4) is 0 Å². The molecule has 0 spiro atoms. The molecule has 1 heterocycles. The maximum atomic E-state index is 13.1. The third-order valence-electron chi connectivity index (χ3n) is 3.68. The summed E-state index contributed by atoms with van der Waals surface area (Å²) in [6, 6.07) is 3.14. The van der Waals surface area contributed by atoms with Crippen molar-refractivity contribution in [3.05, 3.63) is 40.8 Å². The van der Waals surface area contributed by atoms with E-state index in [-0.39, 0.29) is 9.92 Å². The third kappa shape index (κ3) is 2.62. The number of halogens is 2. The maximum absolute atomic E-state index is 13.1. The quantitative estimate of drug-likeness (QED) is 0.920. The van der Waals surface area contributed by atoms with Crippen LogP contribution in [-0.2, 0) is 15.6 Å². The number of aromatic nitrogens is 2. The van der Waals surface area contributed by atoms with Gasteiger partial charge in [-0.2, -0.15) is 9.71 Å². The number of hydrogen-bond acceptors (Lipinski definition) is 5. The van der Waals surface area contributed by atoms with Crippen LogP contribution in [-0.4, -0.2) is 18.6 Å². The van der Waals surface area contributed by atoms with Crippen LogP contribution in [0.1, 0.15) is 31.0 Å². The number of nitrogens with one attached hydrogen (secondary N) is 1. The minimum Gasteiger partial charge on any atom is -0.340 e. The molecule has 0 bridgehead atoms. The molecule has 0 amide bonds. The van der Waals surface area contributed by atoms with E-state index in [9.17, 15) is 12.8 Å². The molecule has 1 aromatic carbocycles. The predicted octanol–water partition coefficient (Wildman–Crippen LogP) is 2.53. The first-order valence-electron chi connectivity index (χ1n) is 6.62. The number of nitrogens with zero attached hydrogens (tertiary/aromatic N) is 2. The maximum Gasteiger partial charge on any atom is 0.242 e. The van der Waals surface area contributed by atoms with Gasteiger partial charge in [-0.05, 0) is 37.5 Å². The molecule has 1 aliphatic carbocycles. The van der Waals surface area contributed by atoms with E-state index in [1.54, 1.807) is 6.92 Å². The van der Waals surface area contributed by atoms with Gasteiger partial charge in [-0.15, -0.1) is 0 Å². The average molecular weight is 346 g/mol. The molecule has 3 rings (SSSR count). The van der Waals surface area contributed by atoms with Crippen molar-refractivity contribution in [1.82, 2.24) is 14.9 Å². The fourth-order valence-corrected chi connectivity index (χ4v) is 4.36. The van der Waals surface area contributed by atoms with Crippen molar-refractivity contribution in [2.75, 3.05) is 0 Å². The van der Waals surface area contributed by atoms with Gasteiger partial charge in [0, 0.05) is 6.92 Å². The topological polar surface area (TPSA) is 85.1 Å². The second-order valence-corrected chi connectivity index (χ2v) is 7.31. The lowest BCUT2D eigenvalue weighted by Crippen LogP contribution is -2.51. The fraction of sp³-hybridized carbons (Fsp3) is 0.385. The number of rotatable bonds is 4. The average Bonchev–Trinajstić information content (AvgIpc) is 2.80. The highest BCUT2D eigenvalue weighted by Crippen LogP contribution is 2.41. The van der Waals surface area contributed by atoms with Crippen LogP contribution < -0.4 is 4.72 Å². The summed E-state index contributed by atoms with van der Waals surface area (Å²) in [6.45, 7) is 1.63. The summed E-state index contributed by atoms with van der Waals surface area (Å²) in [5, 5.41) is 3.64. The van der Waals surface area contributed by atoms with E-state index in [0.717, 1.165) is 24.6 Å². The zero-order chi connectivity index (χ0) is 16.0. The molecule has 2 aromatic rings. The Bertz CT molecular complexity index is 818. The molecule has 1 aliphatic rings. The van der Waals surface area contributed by atoms with Crippen LogP contribution in [0.25, 0.3) is 0 Å². The first kappa shape index (κ1) is 15.4. The van der Waals surface area contributed by atoms with E-state index in [2.05, 4.69) is 14.9 Å². The Kier molecular flexibility index (Phi) is 3.70. The summed E-state index contributed by atoms with van der Waals surface area (Å²) >= 11 is 5.85. The van der Waals surface area contributed by atoms with Gasteiger partial charge in [-0.3, -0.25) is 0 Å². The molecule has 0 atom stereocenters. The molecule has 0 saturated heterocycles. The van der Waals surface area contributed by atoms with Crippen molar-refractivity contribution in [1.29, 1.82) is 0 Å². The Morgan fingerprint density at radius 1 is 1.41 bits per heavy atom. The molecule has 6 nitrogen and oxygen atoms in total. The number of aryl methyl sites for hydroxylation is 1. The van der Waals surface area contributed by atoms with E-state index < -0.39 is 21.4 Å². The van der Waals surface area contributed by atoms with Crippen molar-refractivity contribution < 1.29 is 17.3 Å². The lowest BCUT2D eigenvalue weighted by Gasteiger charge is -2.39. The predicted molar refractivity (Wildman–Crippen MR) is 76.3 cm³/mol. The van der Waals surface area contributed by atoms with Crippen LogP contribution in [0.5, 0.6) is 0 Å². The lowest BCUT2D eigenvalue weighted by molar-refractivity contribution is 0.203. The summed E-state index contributed by atoms with van der Waals surface area (Å²) in [5.74, 6) is 0.0643. The largest absolute Gasteiger partial charge is 0.340 e. The van der Waals surface area contributed by atoms with Gasteiger partial charge < -0.3 is 4.52 Å². The van der Waals surface area contributed by atoms with Crippen LogP contribution in [0.15, 0.2) is 27.6 Å². The first-order chi connectivity index (χ1) is 10.3. The smallest absolute Gasteiger partial charge is 0.242 e. The van der Waals surface area contributed by atoms with Gasteiger partial charge in [0.1, 0.15) is 10.7 Å². The minimum atomic E-state index is -3.94. The zero-order valence-corrected chi connectivity index (χ0v) is 13.2. The summed E-state index contributed by atoms with van der Waals surface area (Å²) in [6.07, 6.45) is 1.96. The molecule has 0 unspecified atom stereocenters. The van der Waals surface area contributed by atoms with Crippen molar-refractivity contribution in [3.63, 3.8) is 0 Å². The summed E-state index contributed by atoms with van der Waals surface area (Å²) in [4.78, 5) is 3.94. The van der Waals surface area contributed by atoms with Crippen LogP contribution in [0.4, 0.5) is 4.39 Å². The Morgan fingerprint density at radius 2 is 2.14 bits per heavy atom. The number of hydrogen-bond donors (Lipinski definition) is 1. The Balaban J connectivity index is 1.96. The van der Waals surface area contributed by atoms with Gasteiger partial charge in [0.15, 0.2) is 5.82 Å². The fourth-order valence-electron chi connectivity index (χ4n) is 2.40. The molecule has 9 heteroatoms. The third-order valence-corrected chi connectivity index (χ3v) is 5.70. The molecule has 1 N–H and O–H groups in total. The van der Waals surface area contributed by atoms with E-state index in [4.69, 9.17) is 16.1 Å². The molecular weight excluding hydrogens is 333 g/mol. The zero-order valence-electron chi connectivity index (χ0n) is 11.6. The molecule has 1 aromatic heterocycles. The van der Waals surface area contributed by atoms with Gasteiger partial charge in [-0.25, -0.2) is 12.8 Å². The highest BCUT2D eigenvalue weighted by Gasteiger charge is 2.46. The number of benzene rings is 1. The molecule has 0 aliphatic heterocycles. The molecule has 1 fully saturated rings. The summed E-state index contributed by atoms with van der Waals surface area (Å²) in [7, 11) is -3.94. The first-order valence-corrected chi connectivity index (χ1v) is 8.48. The lowest BCUT2D eigenvalue weighted by atomic mass is 9.77. The van der Waals surface area contributed by atoms with Crippen LogP contribution in [0, 0.1) is 12.7 Å².